The number of nitrogens with zero attached hydrogens (tertiary/aromatic N) is 3. The van der Waals surface area contributed by atoms with E-state index < -0.39 is 0 Å². The summed E-state index contributed by atoms with van der Waals surface area (Å²) in [6.45, 7) is 0.627. The van der Waals surface area contributed by atoms with Gasteiger partial charge in [-0.25, -0.2) is 4.98 Å². The molecule has 0 bridgehead atoms. The van der Waals surface area contributed by atoms with Gasteiger partial charge in [0.1, 0.15) is 5.82 Å². The molecule has 0 saturated carbocycles. The fourth-order valence-corrected chi connectivity index (χ4v) is 3.15. The van der Waals surface area contributed by atoms with Crippen LogP contribution in [0.2, 0.25) is 5.02 Å². The van der Waals surface area contributed by atoms with E-state index in [1.807, 2.05) is 18.2 Å². The molecule has 3 aromatic rings. The highest BCUT2D eigenvalue weighted by molar-refractivity contribution is 6.31. The lowest BCUT2D eigenvalue weighted by molar-refractivity contribution is 0.725. The van der Waals surface area contributed by atoms with Gasteiger partial charge in [0.15, 0.2) is 0 Å². The molecule has 0 radical (unpaired) electrons. The number of hydrogen-bond acceptors (Lipinski definition) is 3. The summed E-state index contributed by atoms with van der Waals surface area (Å²) in [5, 5.41) is 10.0. The van der Waals surface area contributed by atoms with E-state index in [0.717, 1.165) is 17.6 Å². The van der Waals surface area contributed by atoms with Gasteiger partial charge in [-0.05, 0) is 54.0 Å². The van der Waals surface area contributed by atoms with Crippen molar-refractivity contribution in [1.29, 1.82) is 5.26 Å². The minimum absolute atomic E-state index is 0.0325. The van der Waals surface area contributed by atoms with Crippen molar-refractivity contribution in [3.05, 3.63) is 74.8 Å². The summed E-state index contributed by atoms with van der Waals surface area (Å²) in [7, 11) is 0. The summed E-state index contributed by atoms with van der Waals surface area (Å²) in [5.41, 5.74) is 3.21. The third-order valence-corrected chi connectivity index (χ3v) is 4.43. The van der Waals surface area contributed by atoms with Crippen LogP contribution in [-0.2, 0) is 6.54 Å². The Bertz CT molecular complexity index is 1090. The van der Waals surface area contributed by atoms with Crippen molar-refractivity contribution in [2.24, 2.45) is 0 Å². The average Bonchev–Trinajstić information content (AvgIpc) is 2.98. The Hall–Kier alpha value is -2.90. The number of benzene rings is 2. The molecule has 5 heteroatoms. The van der Waals surface area contributed by atoms with E-state index in [1.54, 1.807) is 34.9 Å². The minimum Gasteiger partial charge on any atom is -0.292 e. The van der Waals surface area contributed by atoms with Crippen LogP contribution in [0, 0.1) is 11.3 Å². The smallest absolute Gasteiger partial charge is 0.261 e. The number of allylic oxidation sites excluding steroid dienone is 1. The molecular formula is C19H12ClN3O. The second-order valence-corrected chi connectivity index (χ2v) is 6.14. The lowest BCUT2D eigenvalue weighted by Crippen LogP contribution is -2.20. The molecule has 0 N–H and O–H groups in total. The Balaban J connectivity index is 1.86. The molecule has 24 heavy (non-hydrogen) atoms. The molecule has 1 aliphatic rings. The van der Waals surface area contributed by atoms with Gasteiger partial charge < -0.3 is 0 Å². The van der Waals surface area contributed by atoms with Gasteiger partial charge in [0.2, 0.25) is 0 Å². The molecule has 4 nitrogen and oxygen atoms in total. The van der Waals surface area contributed by atoms with Gasteiger partial charge in [-0.3, -0.25) is 9.36 Å². The second-order valence-electron chi connectivity index (χ2n) is 5.71. The van der Waals surface area contributed by atoms with Crippen molar-refractivity contribution in [2.45, 2.75) is 13.0 Å². The predicted octanol–water partition coefficient (Wildman–Crippen LogP) is 3.87. The first-order chi connectivity index (χ1) is 11.7. The molecule has 0 aliphatic carbocycles. The van der Waals surface area contributed by atoms with Crippen LogP contribution in [0.15, 0.2) is 47.3 Å². The fraction of sp³-hybridized carbons (Fsp3) is 0.105. The van der Waals surface area contributed by atoms with E-state index in [2.05, 4.69) is 11.1 Å². The molecule has 0 spiro atoms. The zero-order valence-corrected chi connectivity index (χ0v) is 13.4. The Morgan fingerprint density at radius 1 is 1.21 bits per heavy atom. The van der Waals surface area contributed by atoms with Gasteiger partial charge in [-0.2, -0.15) is 5.26 Å². The summed E-state index contributed by atoms with van der Waals surface area (Å²) in [5.74, 6) is 0.694. The topological polar surface area (TPSA) is 58.7 Å². The molecule has 2 heterocycles. The van der Waals surface area contributed by atoms with E-state index in [0.29, 0.717) is 33.9 Å². The summed E-state index contributed by atoms with van der Waals surface area (Å²) < 4.78 is 1.71. The molecule has 2 aromatic carbocycles. The van der Waals surface area contributed by atoms with E-state index in [-0.39, 0.29) is 5.56 Å². The maximum absolute atomic E-state index is 12.6. The third kappa shape index (κ3) is 2.40. The van der Waals surface area contributed by atoms with Crippen molar-refractivity contribution in [3.63, 3.8) is 0 Å². The summed E-state index contributed by atoms with van der Waals surface area (Å²) >= 11 is 6.03. The van der Waals surface area contributed by atoms with Gasteiger partial charge in [-0.15, -0.1) is 0 Å². The van der Waals surface area contributed by atoms with Crippen molar-refractivity contribution >= 4 is 34.2 Å². The molecule has 1 aromatic heterocycles. The normalized spacial score (nSPS) is 14.8. The Labute approximate surface area is 143 Å². The lowest BCUT2D eigenvalue weighted by atomic mass is 10.1. The molecular weight excluding hydrogens is 322 g/mol. The van der Waals surface area contributed by atoms with Gasteiger partial charge in [0, 0.05) is 11.6 Å². The van der Waals surface area contributed by atoms with Crippen LogP contribution in [0.5, 0.6) is 0 Å². The number of rotatable bonds is 1. The van der Waals surface area contributed by atoms with Gasteiger partial charge in [-0.1, -0.05) is 23.7 Å². The Kier molecular flexibility index (Phi) is 3.44. The molecule has 116 valence electrons. The largest absolute Gasteiger partial charge is 0.292 e. The number of hydrogen-bond donors (Lipinski definition) is 0. The number of aromatic nitrogens is 2. The van der Waals surface area contributed by atoms with Gasteiger partial charge in [0.25, 0.3) is 5.56 Å². The molecule has 1 aliphatic heterocycles. The van der Waals surface area contributed by atoms with Crippen LogP contribution in [0.4, 0.5) is 0 Å². The van der Waals surface area contributed by atoms with E-state index >= 15 is 0 Å². The molecule has 0 amide bonds. The van der Waals surface area contributed by atoms with Gasteiger partial charge in [0.05, 0.1) is 22.5 Å². The third-order valence-electron chi connectivity index (χ3n) is 4.19. The highest BCUT2D eigenvalue weighted by Crippen LogP contribution is 2.28. The van der Waals surface area contributed by atoms with E-state index in [9.17, 15) is 4.79 Å². The first-order valence-corrected chi connectivity index (χ1v) is 7.95. The van der Waals surface area contributed by atoms with Crippen LogP contribution in [0.25, 0.3) is 22.6 Å². The van der Waals surface area contributed by atoms with Crippen LogP contribution in [0.3, 0.4) is 0 Å². The standard InChI is InChI=1S/C19H12ClN3O/c20-15-5-6-16-17(10-15)22-18-14(7-8-23(18)19(16)24)9-12-1-3-13(11-21)4-2-12/h1-6,9-10H,7-8H2. The van der Waals surface area contributed by atoms with Gasteiger partial charge >= 0.3 is 0 Å². The molecule has 0 saturated heterocycles. The molecule has 0 fully saturated rings. The van der Waals surface area contributed by atoms with E-state index in [4.69, 9.17) is 16.9 Å². The summed E-state index contributed by atoms with van der Waals surface area (Å²) in [6.07, 6.45) is 2.77. The van der Waals surface area contributed by atoms with Crippen LogP contribution >= 0.6 is 11.6 Å². The van der Waals surface area contributed by atoms with Crippen LogP contribution in [-0.4, -0.2) is 9.55 Å². The molecule has 4 rings (SSSR count). The zero-order chi connectivity index (χ0) is 16.7. The molecule has 0 atom stereocenters. The van der Waals surface area contributed by atoms with E-state index in [1.165, 1.54) is 0 Å². The van der Waals surface area contributed by atoms with Crippen molar-refractivity contribution in [1.82, 2.24) is 9.55 Å². The summed E-state index contributed by atoms with van der Waals surface area (Å²) in [6, 6.07) is 14.6. The van der Waals surface area contributed by atoms with Crippen molar-refractivity contribution < 1.29 is 0 Å². The zero-order valence-electron chi connectivity index (χ0n) is 12.7. The van der Waals surface area contributed by atoms with Crippen LogP contribution < -0.4 is 5.56 Å². The number of nitriles is 1. The first-order valence-electron chi connectivity index (χ1n) is 7.57. The number of halogens is 1. The fourth-order valence-electron chi connectivity index (χ4n) is 2.98. The maximum atomic E-state index is 12.6. The maximum Gasteiger partial charge on any atom is 0.261 e. The van der Waals surface area contributed by atoms with Crippen LogP contribution in [0.1, 0.15) is 23.4 Å². The molecule has 0 unspecified atom stereocenters. The minimum atomic E-state index is -0.0325. The quantitative estimate of drug-likeness (QED) is 0.679. The van der Waals surface area contributed by atoms with Crippen molar-refractivity contribution in [3.8, 4) is 6.07 Å². The highest BCUT2D eigenvalue weighted by atomic mass is 35.5. The average molecular weight is 334 g/mol. The predicted molar refractivity (Wildman–Crippen MR) is 94.7 cm³/mol. The summed E-state index contributed by atoms with van der Waals surface area (Å²) in [4.78, 5) is 17.3. The highest BCUT2D eigenvalue weighted by Gasteiger charge is 2.20. The van der Waals surface area contributed by atoms with Crippen molar-refractivity contribution in [2.75, 3.05) is 0 Å². The Morgan fingerprint density at radius 2 is 2.00 bits per heavy atom. The lowest BCUT2D eigenvalue weighted by Gasteiger charge is -2.06. The number of fused-ring (bicyclic) bond motifs is 2. The second kappa shape index (κ2) is 5.63. The monoisotopic (exact) mass is 333 g/mol. The SMILES string of the molecule is N#Cc1ccc(C=C2CCn3c2nc2cc(Cl)ccc2c3=O)cc1. The first kappa shape index (κ1) is 14.7. The Morgan fingerprint density at radius 3 is 2.75 bits per heavy atom.